The average molecular weight is 344 g/mol. The number of benzene rings is 2. The van der Waals surface area contributed by atoms with Crippen LogP contribution in [0.3, 0.4) is 0 Å². The van der Waals surface area contributed by atoms with Crippen LogP contribution < -0.4 is 4.90 Å². The maximum Gasteiger partial charge on any atom is 0.306 e. The zero-order valence-electron chi connectivity index (χ0n) is 13.9. The van der Waals surface area contributed by atoms with Gasteiger partial charge in [-0.05, 0) is 23.8 Å². The first-order valence-corrected chi connectivity index (χ1v) is 8.26. The Balaban J connectivity index is 2.06. The molecule has 0 spiro atoms. The number of carboxylic acid groups (broad SMARTS) is 1. The summed E-state index contributed by atoms with van der Waals surface area (Å²) < 4.78 is 0. The normalized spacial score (nSPS) is 18.6. The van der Waals surface area contributed by atoms with E-state index in [2.05, 4.69) is 4.98 Å². The Labute approximate surface area is 150 Å². The van der Waals surface area contributed by atoms with Gasteiger partial charge in [0.05, 0.1) is 6.42 Å². The molecule has 1 aliphatic heterocycles. The van der Waals surface area contributed by atoms with Crippen molar-refractivity contribution in [2.45, 2.75) is 12.0 Å². The molecule has 0 radical (unpaired) electrons. The maximum atomic E-state index is 13.3. The predicted molar refractivity (Wildman–Crippen MR) is 97.0 cm³/mol. The second kappa shape index (κ2) is 6.11. The molecule has 1 aromatic heterocycles. The Kier molecular flexibility index (Phi) is 3.77. The second-order valence-electron chi connectivity index (χ2n) is 6.19. The van der Waals surface area contributed by atoms with Crippen LogP contribution in [0.15, 0.2) is 79.1 Å². The third-order valence-corrected chi connectivity index (χ3v) is 4.75. The minimum absolute atomic E-state index is 0.223. The number of nitrogens with zero attached hydrogens (tertiary/aromatic N) is 2. The minimum Gasteiger partial charge on any atom is -0.481 e. The largest absolute Gasteiger partial charge is 0.481 e. The number of fused-ring (bicyclic) bond motifs is 1. The lowest BCUT2D eigenvalue weighted by molar-refractivity contribution is -0.138. The van der Waals surface area contributed by atoms with Crippen LogP contribution in [0.2, 0.25) is 0 Å². The van der Waals surface area contributed by atoms with Gasteiger partial charge in [-0.3, -0.25) is 19.5 Å². The number of hydrogen-bond donors (Lipinski definition) is 1. The van der Waals surface area contributed by atoms with E-state index >= 15 is 0 Å². The van der Waals surface area contributed by atoms with Crippen molar-refractivity contribution in [3.8, 4) is 0 Å². The second-order valence-corrected chi connectivity index (χ2v) is 6.19. The number of anilines is 1. The highest BCUT2D eigenvalue weighted by Crippen LogP contribution is 2.48. The number of aromatic nitrogens is 1. The van der Waals surface area contributed by atoms with Crippen molar-refractivity contribution < 1.29 is 14.7 Å². The minimum atomic E-state index is -1.14. The van der Waals surface area contributed by atoms with Gasteiger partial charge >= 0.3 is 5.97 Å². The lowest BCUT2D eigenvalue weighted by Gasteiger charge is -2.38. The lowest BCUT2D eigenvalue weighted by atomic mass is 9.80. The number of pyridine rings is 1. The molecule has 0 saturated carbocycles. The Hall–Kier alpha value is -3.47. The van der Waals surface area contributed by atoms with Gasteiger partial charge in [0, 0.05) is 29.2 Å². The number of hydrogen-bond acceptors (Lipinski definition) is 3. The summed E-state index contributed by atoms with van der Waals surface area (Å²) in [5.74, 6) is -1.21. The molecule has 26 heavy (non-hydrogen) atoms. The summed E-state index contributed by atoms with van der Waals surface area (Å²) in [5.41, 5.74) is 1.34. The van der Waals surface area contributed by atoms with Gasteiger partial charge in [-0.25, -0.2) is 0 Å². The quantitative estimate of drug-likeness (QED) is 0.787. The summed E-state index contributed by atoms with van der Waals surface area (Å²) in [5, 5.41) is 9.72. The number of para-hydroxylation sites is 1. The molecule has 0 aliphatic carbocycles. The lowest BCUT2D eigenvalue weighted by Crippen LogP contribution is -2.46. The summed E-state index contributed by atoms with van der Waals surface area (Å²) in [6.45, 7) is 0. The number of aliphatic carboxylic acids is 1. The van der Waals surface area contributed by atoms with Gasteiger partial charge in [0.25, 0.3) is 5.91 Å². The van der Waals surface area contributed by atoms with Crippen molar-refractivity contribution in [1.82, 2.24) is 4.98 Å². The van der Waals surface area contributed by atoms with Crippen molar-refractivity contribution in [3.63, 3.8) is 0 Å². The SMILES string of the molecule is O=C(O)CC1(c2ccccc2)c2cnccc2C(=O)N1c1ccccc1. The van der Waals surface area contributed by atoms with Gasteiger partial charge in [-0.15, -0.1) is 0 Å². The Morgan fingerprint density at radius 1 is 1.00 bits per heavy atom. The molecule has 1 aliphatic rings. The van der Waals surface area contributed by atoms with Crippen molar-refractivity contribution in [2.75, 3.05) is 4.90 Å². The molecule has 4 rings (SSSR count). The third kappa shape index (κ3) is 2.29. The van der Waals surface area contributed by atoms with Crippen molar-refractivity contribution in [2.24, 2.45) is 0 Å². The monoisotopic (exact) mass is 344 g/mol. The van der Waals surface area contributed by atoms with Crippen LogP contribution >= 0.6 is 0 Å². The maximum absolute atomic E-state index is 13.3. The van der Waals surface area contributed by atoms with E-state index in [-0.39, 0.29) is 12.3 Å². The molecule has 1 amide bonds. The predicted octanol–water partition coefficient (Wildman–Crippen LogP) is 3.46. The first-order chi connectivity index (χ1) is 12.6. The fraction of sp³-hybridized carbons (Fsp3) is 0.0952. The zero-order chi connectivity index (χ0) is 18.1. The van der Waals surface area contributed by atoms with E-state index < -0.39 is 11.5 Å². The highest BCUT2D eigenvalue weighted by molar-refractivity contribution is 6.13. The van der Waals surface area contributed by atoms with Crippen LogP contribution in [0.5, 0.6) is 0 Å². The third-order valence-electron chi connectivity index (χ3n) is 4.75. The van der Waals surface area contributed by atoms with E-state index in [1.165, 1.54) is 0 Å². The van der Waals surface area contributed by atoms with Gasteiger partial charge < -0.3 is 5.11 Å². The first kappa shape index (κ1) is 16.0. The average Bonchev–Trinajstić information content (AvgIpc) is 2.92. The van der Waals surface area contributed by atoms with E-state index in [0.717, 1.165) is 5.56 Å². The zero-order valence-corrected chi connectivity index (χ0v) is 13.9. The summed E-state index contributed by atoms with van der Waals surface area (Å²) in [4.78, 5) is 30.9. The molecule has 2 aromatic carbocycles. The van der Waals surface area contributed by atoms with Gasteiger partial charge in [-0.1, -0.05) is 48.5 Å². The molecule has 0 fully saturated rings. The smallest absolute Gasteiger partial charge is 0.306 e. The van der Waals surface area contributed by atoms with Gasteiger partial charge in [0.2, 0.25) is 0 Å². The van der Waals surface area contributed by atoms with Crippen LogP contribution in [0, 0.1) is 0 Å². The van der Waals surface area contributed by atoms with E-state index in [1.54, 1.807) is 23.4 Å². The fourth-order valence-corrected chi connectivity index (χ4v) is 3.73. The molecule has 1 N–H and O–H groups in total. The summed E-state index contributed by atoms with van der Waals surface area (Å²) in [7, 11) is 0. The topological polar surface area (TPSA) is 70.5 Å². The van der Waals surface area contributed by atoms with E-state index in [4.69, 9.17) is 0 Å². The van der Waals surface area contributed by atoms with E-state index in [9.17, 15) is 14.7 Å². The number of rotatable bonds is 4. The molecule has 5 nitrogen and oxygen atoms in total. The molecule has 1 atom stereocenters. The molecular weight excluding hydrogens is 328 g/mol. The summed E-state index contributed by atoms with van der Waals surface area (Å²) >= 11 is 0. The molecule has 2 heterocycles. The number of carbonyl (C=O) groups excluding carboxylic acids is 1. The Bertz CT molecular complexity index is 973. The Morgan fingerprint density at radius 3 is 2.31 bits per heavy atom. The van der Waals surface area contributed by atoms with Crippen molar-refractivity contribution >= 4 is 17.6 Å². The molecule has 128 valence electrons. The fourth-order valence-electron chi connectivity index (χ4n) is 3.73. The Morgan fingerprint density at radius 2 is 1.65 bits per heavy atom. The van der Waals surface area contributed by atoms with Gasteiger partial charge in [0.15, 0.2) is 0 Å². The van der Waals surface area contributed by atoms with Gasteiger partial charge in [0.1, 0.15) is 5.54 Å². The van der Waals surface area contributed by atoms with Crippen LogP contribution in [-0.2, 0) is 10.3 Å². The first-order valence-electron chi connectivity index (χ1n) is 8.26. The highest BCUT2D eigenvalue weighted by atomic mass is 16.4. The molecule has 0 bridgehead atoms. The van der Waals surface area contributed by atoms with Crippen molar-refractivity contribution in [1.29, 1.82) is 0 Å². The van der Waals surface area contributed by atoms with Crippen LogP contribution in [0.1, 0.15) is 27.9 Å². The molecular formula is C21H16N2O3. The standard InChI is InChI=1S/C21H16N2O3/c24-19(25)13-21(15-7-3-1-4-8-15)18-14-22-12-11-17(18)20(26)23(21)16-9-5-2-6-10-16/h1-12,14H,13H2,(H,24,25). The highest BCUT2D eigenvalue weighted by Gasteiger charge is 2.53. The number of amides is 1. The van der Waals surface area contributed by atoms with Crippen LogP contribution in [0.4, 0.5) is 5.69 Å². The number of carbonyl (C=O) groups is 2. The molecule has 3 aromatic rings. The van der Waals surface area contributed by atoms with Crippen molar-refractivity contribution in [3.05, 3.63) is 95.8 Å². The van der Waals surface area contributed by atoms with Crippen LogP contribution in [-0.4, -0.2) is 22.0 Å². The van der Waals surface area contributed by atoms with Gasteiger partial charge in [-0.2, -0.15) is 0 Å². The molecule has 5 heteroatoms. The molecule has 0 saturated heterocycles. The van der Waals surface area contributed by atoms with Crippen LogP contribution in [0.25, 0.3) is 0 Å². The summed E-state index contributed by atoms with van der Waals surface area (Å²) in [6.07, 6.45) is 2.91. The van der Waals surface area contributed by atoms with E-state index in [1.807, 2.05) is 60.7 Å². The van der Waals surface area contributed by atoms with E-state index in [0.29, 0.717) is 16.8 Å². The summed E-state index contributed by atoms with van der Waals surface area (Å²) in [6, 6.07) is 20.1. The molecule has 1 unspecified atom stereocenters. The number of carboxylic acids is 1.